The Bertz CT molecular complexity index is 768. The molecule has 0 spiro atoms. The number of methoxy groups -OCH3 is 1. The molecule has 0 radical (unpaired) electrons. The average Bonchev–Trinajstić information content (AvgIpc) is 2.81. The molecule has 3 rings (SSSR count). The molecule has 1 unspecified atom stereocenters. The molecule has 1 saturated heterocycles. The zero-order valence-corrected chi connectivity index (χ0v) is 18.2. The summed E-state index contributed by atoms with van der Waals surface area (Å²) >= 11 is 0. The average molecular weight is 411 g/mol. The minimum atomic E-state index is -0.0503. The first kappa shape index (κ1) is 22.2. The van der Waals surface area contributed by atoms with E-state index >= 15 is 0 Å². The lowest BCUT2D eigenvalue weighted by atomic mass is 10.0. The maximum atomic E-state index is 12.7. The number of benzene rings is 2. The van der Waals surface area contributed by atoms with E-state index < -0.39 is 0 Å². The van der Waals surface area contributed by atoms with Crippen LogP contribution < -0.4 is 14.8 Å². The predicted molar refractivity (Wildman–Crippen MR) is 120 cm³/mol. The molecule has 0 bridgehead atoms. The first-order valence-electron chi connectivity index (χ1n) is 11.1. The summed E-state index contributed by atoms with van der Waals surface area (Å²) in [7, 11) is 1.68. The number of piperidine rings is 1. The van der Waals surface area contributed by atoms with Gasteiger partial charge in [0.1, 0.15) is 11.5 Å². The van der Waals surface area contributed by atoms with E-state index in [-0.39, 0.29) is 11.9 Å². The Labute approximate surface area is 180 Å². The van der Waals surface area contributed by atoms with Crippen LogP contribution in [-0.2, 0) is 0 Å². The van der Waals surface area contributed by atoms with E-state index in [1.165, 1.54) is 24.8 Å². The molecule has 30 heavy (non-hydrogen) atoms. The van der Waals surface area contributed by atoms with Gasteiger partial charge in [-0.3, -0.25) is 9.69 Å². The Morgan fingerprint density at radius 2 is 1.67 bits per heavy atom. The van der Waals surface area contributed by atoms with Gasteiger partial charge in [-0.15, -0.1) is 0 Å². The summed E-state index contributed by atoms with van der Waals surface area (Å²) in [6.45, 7) is 5.56. The summed E-state index contributed by atoms with van der Waals surface area (Å²) in [5, 5.41) is 3.14. The number of ether oxygens (including phenoxy) is 2. The van der Waals surface area contributed by atoms with Crippen LogP contribution in [0.3, 0.4) is 0 Å². The molecule has 1 aliphatic heterocycles. The second-order valence-corrected chi connectivity index (χ2v) is 7.82. The van der Waals surface area contributed by atoms with Crippen molar-refractivity contribution in [2.45, 2.75) is 45.1 Å². The molecule has 1 heterocycles. The third kappa shape index (κ3) is 6.23. The number of likely N-dealkylation sites (tertiary alicyclic amines) is 1. The molecular weight excluding hydrogens is 376 g/mol. The number of hydrogen-bond acceptors (Lipinski definition) is 4. The SMILES string of the molecule is CCCCOc1ccc(C(=O)NCC(c2ccc(OC)cc2)N2CCCCC2)cc1. The van der Waals surface area contributed by atoms with E-state index in [2.05, 4.69) is 29.3 Å². The molecule has 5 nitrogen and oxygen atoms in total. The minimum Gasteiger partial charge on any atom is -0.497 e. The molecule has 2 aromatic carbocycles. The zero-order valence-electron chi connectivity index (χ0n) is 18.2. The van der Waals surface area contributed by atoms with Gasteiger partial charge in [0, 0.05) is 12.1 Å². The van der Waals surface area contributed by atoms with Crippen LogP contribution in [0.25, 0.3) is 0 Å². The first-order chi connectivity index (χ1) is 14.7. The number of nitrogens with one attached hydrogen (secondary N) is 1. The topological polar surface area (TPSA) is 50.8 Å². The summed E-state index contributed by atoms with van der Waals surface area (Å²) < 4.78 is 11.0. The van der Waals surface area contributed by atoms with Crippen LogP contribution in [0.15, 0.2) is 48.5 Å². The minimum absolute atomic E-state index is 0.0503. The molecule has 0 saturated carbocycles. The van der Waals surface area contributed by atoms with Crippen molar-refractivity contribution in [2.24, 2.45) is 0 Å². The summed E-state index contributed by atoms with van der Waals surface area (Å²) in [5.41, 5.74) is 1.86. The number of carbonyl (C=O) groups is 1. The highest BCUT2D eigenvalue weighted by Crippen LogP contribution is 2.26. The molecule has 1 fully saturated rings. The normalized spacial score (nSPS) is 15.4. The van der Waals surface area contributed by atoms with Gasteiger partial charge >= 0.3 is 0 Å². The number of nitrogens with zero attached hydrogens (tertiary/aromatic N) is 1. The number of carbonyl (C=O) groups excluding carboxylic acids is 1. The molecular formula is C25H34N2O3. The molecule has 1 amide bonds. The maximum Gasteiger partial charge on any atom is 0.251 e. The Hall–Kier alpha value is -2.53. The van der Waals surface area contributed by atoms with Gasteiger partial charge in [0.05, 0.1) is 19.8 Å². The standard InChI is InChI=1S/C25H34N2O3/c1-3-4-18-30-23-14-10-21(11-15-23)25(28)26-19-24(27-16-6-5-7-17-27)20-8-12-22(29-2)13-9-20/h8-15,24H,3-7,16-19H2,1-2H3,(H,26,28). The molecule has 0 aromatic heterocycles. The monoisotopic (exact) mass is 410 g/mol. The van der Waals surface area contributed by atoms with Crippen molar-refractivity contribution in [1.82, 2.24) is 10.2 Å². The van der Waals surface area contributed by atoms with Crippen LogP contribution >= 0.6 is 0 Å². The number of unbranched alkanes of at least 4 members (excludes halogenated alkanes) is 1. The van der Waals surface area contributed by atoms with Gasteiger partial charge in [0.25, 0.3) is 5.91 Å². The highest BCUT2D eigenvalue weighted by molar-refractivity contribution is 5.94. The summed E-state index contributed by atoms with van der Waals surface area (Å²) in [4.78, 5) is 15.2. The Kier molecular flexibility index (Phi) is 8.57. The van der Waals surface area contributed by atoms with Crippen molar-refractivity contribution in [3.63, 3.8) is 0 Å². The van der Waals surface area contributed by atoms with Crippen molar-refractivity contribution >= 4 is 5.91 Å². The van der Waals surface area contributed by atoms with Gasteiger partial charge in [-0.2, -0.15) is 0 Å². The molecule has 0 aliphatic carbocycles. The van der Waals surface area contributed by atoms with Crippen LogP contribution in [0.1, 0.15) is 61.0 Å². The van der Waals surface area contributed by atoms with Crippen molar-refractivity contribution in [3.05, 3.63) is 59.7 Å². The van der Waals surface area contributed by atoms with Gasteiger partial charge < -0.3 is 14.8 Å². The largest absolute Gasteiger partial charge is 0.497 e. The molecule has 5 heteroatoms. The number of rotatable bonds is 10. The van der Waals surface area contributed by atoms with Crippen LogP contribution in [0, 0.1) is 0 Å². The highest BCUT2D eigenvalue weighted by Gasteiger charge is 2.23. The van der Waals surface area contributed by atoms with Gasteiger partial charge in [-0.1, -0.05) is 31.9 Å². The van der Waals surface area contributed by atoms with Gasteiger partial charge in [-0.05, 0) is 74.3 Å². The Morgan fingerprint density at radius 3 is 2.30 bits per heavy atom. The molecule has 1 atom stereocenters. The second kappa shape index (κ2) is 11.6. The van der Waals surface area contributed by atoms with E-state index in [1.54, 1.807) is 7.11 Å². The molecule has 1 N–H and O–H groups in total. The predicted octanol–water partition coefficient (Wildman–Crippen LogP) is 4.83. The lowest BCUT2D eigenvalue weighted by molar-refractivity contribution is 0.0924. The van der Waals surface area contributed by atoms with Gasteiger partial charge in [0.2, 0.25) is 0 Å². The first-order valence-corrected chi connectivity index (χ1v) is 11.1. The fourth-order valence-corrected chi connectivity index (χ4v) is 3.84. The third-order valence-electron chi connectivity index (χ3n) is 5.67. The van der Waals surface area contributed by atoms with E-state index in [1.807, 2.05) is 36.4 Å². The Morgan fingerprint density at radius 1 is 1.00 bits per heavy atom. The lowest BCUT2D eigenvalue weighted by Crippen LogP contribution is -2.40. The van der Waals surface area contributed by atoms with Crippen LogP contribution in [0.4, 0.5) is 0 Å². The van der Waals surface area contributed by atoms with E-state index in [0.717, 1.165) is 37.4 Å². The van der Waals surface area contributed by atoms with Crippen molar-refractivity contribution in [2.75, 3.05) is 33.4 Å². The van der Waals surface area contributed by atoms with Gasteiger partial charge in [-0.25, -0.2) is 0 Å². The smallest absolute Gasteiger partial charge is 0.251 e. The quantitative estimate of drug-likeness (QED) is 0.570. The summed E-state index contributed by atoms with van der Waals surface area (Å²) in [5.74, 6) is 1.61. The lowest BCUT2D eigenvalue weighted by Gasteiger charge is -2.35. The van der Waals surface area contributed by atoms with E-state index in [4.69, 9.17) is 9.47 Å². The zero-order chi connectivity index (χ0) is 21.2. The summed E-state index contributed by atoms with van der Waals surface area (Å²) in [6.07, 6.45) is 5.84. The number of amides is 1. The highest BCUT2D eigenvalue weighted by atomic mass is 16.5. The van der Waals surface area contributed by atoms with Gasteiger partial charge in [0.15, 0.2) is 0 Å². The second-order valence-electron chi connectivity index (χ2n) is 7.82. The molecule has 162 valence electrons. The fourth-order valence-electron chi connectivity index (χ4n) is 3.84. The number of hydrogen-bond donors (Lipinski definition) is 1. The van der Waals surface area contributed by atoms with Crippen LogP contribution in [0.5, 0.6) is 11.5 Å². The van der Waals surface area contributed by atoms with Crippen LogP contribution in [0.2, 0.25) is 0 Å². The van der Waals surface area contributed by atoms with Crippen molar-refractivity contribution in [1.29, 1.82) is 0 Å². The van der Waals surface area contributed by atoms with Crippen molar-refractivity contribution in [3.8, 4) is 11.5 Å². The third-order valence-corrected chi connectivity index (χ3v) is 5.67. The van der Waals surface area contributed by atoms with Crippen molar-refractivity contribution < 1.29 is 14.3 Å². The van der Waals surface area contributed by atoms with E-state index in [9.17, 15) is 4.79 Å². The molecule has 1 aliphatic rings. The molecule has 2 aromatic rings. The fraction of sp³-hybridized carbons (Fsp3) is 0.480. The van der Waals surface area contributed by atoms with E-state index in [0.29, 0.717) is 18.7 Å². The maximum absolute atomic E-state index is 12.7. The van der Waals surface area contributed by atoms with Crippen LogP contribution in [-0.4, -0.2) is 44.2 Å². The Balaban J connectivity index is 1.63. The summed E-state index contributed by atoms with van der Waals surface area (Å²) in [6, 6.07) is 15.8.